The van der Waals surface area contributed by atoms with Gasteiger partial charge in [0.15, 0.2) is 0 Å². The lowest BCUT2D eigenvalue weighted by Crippen LogP contribution is -2.59. The average Bonchev–Trinajstić information content (AvgIpc) is 2.14. The van der Waals surface area contributed by atoms with Crippen molar-refractivity contribution in [2.75, 3.05) is 19.6 Å². The van der Waals surface area contributed by atoms with Crippen molar-refractivity contribution >= 4 is 0 Å². The van der Waals surface area contributed by atoms with Gasteiger partial charge < -0.3 is 5.32 Å². The van der Waals surface area contributed by atoms with Crippen molar-refractivity contribution < 1.29 is 0 Å². The molecule has 2 nitrogen and oxygen atoms in total. The van der Waals surface area contributed by atoms with Crippen LogP contribution in [0, 0.1) is 5.92 Å². The van der Waals surface area contributed by atoms with E-state index in [9.17, 15) is 0 Å². The second kappa shape index (κ2) is 6.49. The smallest absolute Gasteiger partial charge is 0.0308 e. The molecule has 0 bridgehead atoms. The summed E-state index contributed by atoms with van der Waals surface area (Å²) in [4.78, 5) is 2.54. The third-order valence-corrected chi connectivity index (χ3v) is 3.43. The summed E-state index contributed by atoms with van der Waals surface area (Å²) in [6.45, 7) is 19.3. The van der Waals surface area contributed by atoms with Crippen LogP contribution in [0.2, 0.25) is 0 Å². The summed E-state index contributed by atoms with van der Waals surface area (Å²) in [6.07, 6.45) is 0. The molecule has 1 unspecified atom stereocenters. The fourth-order valence-electron chi connectivity index (χ4n) is 2.76. The van der Waals surface area contributed by atoms with E-state index in [-0.39, 0.29) is 5.54 Å². The average molecular weight is 214 g/mol. The Morgan fingerprint density at radius 1 is 1.07 bits per heavy atom. The van der Waals surface area contributed by atoms with E-state index in [1.54, 1.807) is 0 Å². The van der Waals surface area contributed by atoms with E-state index in [0.29, 0.717) is 12.0 Å². The summed E-state index contributed by atoms with van der Waals surface area (Å²) < 4.78 is 0. The zero-order valence-corrected chi connectivity index (χ0v) is 11.7. The molecule has 0 radical (unpaired) electrons. The highest BCUT2D eigenvalue weighted by Gasteiger charge is 2.34. The maximum Gasteiger partial charge on any atom is 0.0308 e. The Labute approximate surface area is 96.4 Å². The van der Waals surface area contributed by atoms with Crippen molar-refractivity contribution in [3.8, 4) is 0 Å². The van der Waals surface area contributed by atoms with Gasteiger partial charge in [0.05, 0.1) is 0 Å². The van der Waals surface area contributed by atoms with E-state index < -0.39 is 0 Å². The van der Waals surface area contributed by atoms with Gasteiger partial charge in [0.1, 0.15) is 0 Å². The molecule has 2 heteroatoms. The molecule has 0 saturated carbocycles. The molecular formula is C13H30N2. The zero-order valence-electron chi connectivity index (χ0n) is 11.7. The minimum Gasteiger partial charge on any atom is -0.312 e. The predicted octanol–water partition coefficient (Wildman–Crippen LogP) is 2.74. The Morgan fingerprint density at radius 3 is 1.80 bits per heavy atom. The predicted molar refractivity (Wildman–Crippen MR) is 69.3 cm³/mol. The minimum absolute atomic E-state index is 0.230. The van der Waals surface area contributed by atoms with E-state index in [2.05, 4.69) is 58.7 Å². The zero-order chi connectivity index (χ0) is 12.1. The number of nitrogens with zero attached hydrogens (tertiary/aromatic N) is 1. The third kappa shape index (κ3) is 3.76. The van der Waals surface area contributed by atoms with Gasteiger partial charge in [-0.05, 0) is 39.4 Å². The van der Waals surface area contributed by atoms with Gasteiger partial charge in [-0.1, -0.05) is 34.6 Å². The molecule has 0 spiro atoms. The molecule has 0 saturated heterocycles. The van der Waals surface area contributed by atoms with Gasteiger partial charge in [-0.3, -0.25) is 4.90 Å². The summed E-state index contributed by atoms with van der Waals surface area (Å²) in [5.41, 5.74) is 0.230. The van der Waals surface area contributed by atoms with Gasteiger partial charge in [0.25, 0.3) is 0 Å². The first-order valence-corrected chi connectivity index (χ1v) is 6.40. The molecule has 0 rings (SSSR count). The molecule has 0 aliphatic carbocycles. The minimum atomic E-state index is 0.230. The van der Waals surface area contributed by atoms with Crippen molar-refractivity contribution in [3.63, 3.8) is 0 Å². The summed E-state index contributed by atoms with van der Waals surface area (Å²) in [5.74, 6) is 0.667. The summed E-state index contributed by atoms with van der Waals surface area (Å²) in [7, 11) is 0. The first kappa shape index (κ1) is 14.9. The first-order valence-electron chi connectivity index (χ1n) is 6.40. The van der Waals surface area contributed by atoms with E-state index in [1.807, 2.05) is 0 Å². The first-order chi connectivity index (χ1) is 6.91. The Balaban J connectivity index is 4.74. The van der Waals surface area contributed by atoms with Crippen LogP contribution in [0.5, 0.6) is 0 Å². The van der Waals surface area contributed by atoms with Gasteiger partial charge >= 0.3 is 0 Å². The Hall–Kier alpha value is -0.0800. The Bertz CT molecular complexity index is 160. The van der Waals surface area contributed by atoms with Gasteiger partial charge in [-0.25, -0.2) is 0 Å². The summed E-state index contributed by atoms with van der Waals surface area (Å²) in [6, 6.07) is 0.558. The van der Waals surface area contributed by atoms with Crippen molar-refractivity contribution in [1.29, 1.82) is 0 Å². The largest absolute Gasteiger partial charge is 0.312 e. The van der Waals surface area contributed by atoms with E-state index in [4.69, 9.17) is 0 Å². The van der Waals surface area contributed by atoms with Crippen LogP contribution in [-0.4, -0.2) is 36.1 Å². The van der Waals surface area contributed by atoms with Crippen molar-refractivity contribution in [3.05, 3.63) is 0 Å². The van der Waals surface area contributed by atoms with Crippen LogP contribution >= 0.6 is 0 Å². The number of likely N-dealkylation sites (N-methyl/N-ethyl adjacent to an activating group) is 2. The molecule has 1 atom stereocenters. The molecule has 0 aromatic carbocycles. The van der Waals surface area contributed by atoms with Gasteiger partial charge in [-0.15, -0.1) is 0 Å². The van der Waals surface area contributed by atoms with Crippen LogP contribution in [0.4, 0.5) is 0 Å². The summed E-state index contributed by atoms with van der Waals surface area (Å²) >= 11 is 0. The lowest BCUT2D eigenvalue weighted by molar-refractivity contribution is 0.0726. The standard InChI is InChI=1S/C13H30N2/c1-8-14-12(11(4)5)13(6,7)15(9-2)10-3/h11-12,14H,8-10H2,1-7H3. The number of rotatable bonds is 7. The number of hydrogen-bond donors (Lipinski definition) is 1. The number of hydrogen-bond acceptors (Lipinski definition) is 2. The molecular weight excluding hydrogens is 184 g/mol. The lowest BCUT2D eigenvalue weighted by Gasteiger charge is -2.45. The van der Waals surface area contributed by atoms with E-state index >= 15 is 0 Å². The van der Waals surface area contributed by atoms with Crippen LogP contribution in [-0.2, 0) is 0 Å². The molecule has 0 heterocycles. The maximum absolute atomic E-state index is 3.63. The topological polar surface area (TPSA) is 15.3 Å². The molecule has 1 N–H and O–H groups in total. The molecule has 0 aliphatic rings. The van der Waals surface area contributed by atoms with Crippen LogP contribution in [0.1, 0.15) is 48.5 Å². The third-order valence-electron chi connectivity index (χ3n) is 3.43. The normalized spacial score (nSPS) is 15.0. The quantitative estimate of drug-likeness (QED) is 0.701. The second-order valence-corrected chi connectivity index (χ2v) is 5.11. The monoisotopic (exact) mass is 214 g/mol. The van der Waals surface area contributed by atoms with Gasteiger partial charge in [0.2, 0.25) is 0 Å². The molecule has 0 fully saturated rings. The molecule has 0 aliphatic heterocycles. The van der Waals surface area contributed by atoms with Crippen LogP contribution in [0.15, 0.2) is 0 Å². The highest BCUT2D eigenvalue weighted by atomic mass is 15.2. The summed E-state index contributed by atoms with van der Waals surface area (Å²) in [5, 5.41) is 3.63. The molecule has 0 aromatic heterocycles. The second-order valence-electron chi connectivity index (χ2n) is 5.11. The van der Waals surface area contributed by atoms with E-state index in [1.165, 1.54) is 0 Å². The van der Waals surface area contributed by atoms with Crippen LogP contribution in [0.3, 0.4) is 0 Å². The molecule has 92 valence electrons. The van der Waals surface area contributed by atoms with Gasteiger partial charge in [0, 0.05) is 11.6 Å². The van der Waals surface area contributed by atoms with Crippen molar-refractivity contribution in [1.82, 2.24) is 10.2 Å². The van der Waals surface area contributed by atoms with Crippen LogP contribution < -0.4 is 5.32 Å². The molecule has 0 amide bonds. The highest BCUT2D eigenvalue weighted by Crippen LogP contribution is 2.23. The molecule has 0 aromatic rings. The van der Waals surface area contributed by atoms with Crippen molar-refractivity contribution in [2.24, 2.45) is 5.92 Å². The Kier molecular flexibility index (Phi) is 6.46. The van der Waals surface area contributed by atoms with E-state index in [0.717, 1.165) is 19.6 Å². The fourth-order valence-corrected chi connectivity index (χ4v) is 2.76. The maximum atomic E-state index is 3.63. The lowest BCUT2D eigenvalue weighted by atomic mass is 9.84. The Morgan fingerprint density at radius 2 is 1.53 bits per heavy atom. The van der Waals surface area contributed by atoms with Gasteiger partial charge in [-0.2, -0.15) is 0 Å². The SMILES string of the molecule is CCNC(C(C)C)C(C)(C)N(CC)CC. The van der Waals surface area contributed by atoms with Crippen molar-refractivity contribution in [2.45, 2.75) is 60.0 Å². The number of nitrogens with one attached hydrogen (secondary N) is 1. The fraction of sp³-hybridized carbons (Fsp3) is 1.00. The highest BCUT2D eigenvalue weighted by molar-refractivity contribution is 4.94. The molecule has 15 heavy (non-hydrogen) atoms. The van der Waals surface area contributed by atoms with Crippen LogP contribution in [0.25, 0.3) is 0 Å².